The molecule has 3 saturated carbocycles. The first-order valence-electron chi connectivity index (χ1n) is 10.9. The molecule has 8 heteroatoms. The van der Waals surface area contributed by atoms with Crippen LogP contribution in [-0.2, 0) is 0 Å². The Labute approximate surface area is 202 Å². The maximum Gasteiger partial charge on any atom is 0.183 e. The van der Waals surface area contributed by atoms with Crippen LogP contribution in [0.15, 0.2) is 42.5 Å². The van der Waals surface area contributed by atoms with Crippen LogP contribution in [0.3, 0.4) is 0 Å². The van der Waals surface area contributed by atoms with Gasteiger partial charge in [-0.05, 0) is 23.8 Å². The van der Waals surface area contributed by atoms with Crippen molar-refractivity contribution in [3.05, 3.63) is 48.0 Å². The average Bonchev–Trinajstić information content (AvgIpc) is 2.89. The molecule has 5 aliphatic rings. The second kappa shape index (κ2) is 6.48. The lowest BCUT2D eigenvalue weighted by Gasteiger charge is -2.79. The van der Waals surface area contributed by atoms with Crippen molar-refractivity contribution in [1.29, 1.82) is 42.1 Å². The van der Waals surface area contributed by atoms with Gasteiger partial charge in [-0.1, -0.05) is 42.5 Å². The van der Waals surface area contributed by atoms with E-state index in [9.17, 15) is 42.1 Å². The van der Waals surface area contributed by atoms with Gasteiger partial charge in [0.15, 0.2) is 21.7 Å². The summed E-state index contributed by atoms with van der Waals surface area (Å²) in [6, 6.07) is 24.7. The molecular formula is C27H14N8. The minimum Gasteiger partial charge on any atom is -0.196 e. The number of nitrogens with zero attached hydrogens (tertiary/aromatic N) is 8. The van der Waals surface area contributed by atoms with Crippen LogP contribution in [0.25, 0.3) is 0 Å². The lowest BCUT2D eigenvalue weighted by molar-refractivity contribution is -0.291. The Morgan fingerprint density at radius 3 is 1.57 bits per heavy atom. The average molecular weight is 450 g/mol. The third-order valence-corrected chi connectivity index (χ3v) is 9.39. The monoisotopic (exact) mass is 450 g/mol. The molecule has 6 rings (SSSR count). The number of nitriles is 8. The van der Waals surface area contributed by atoms with Crippen molar-refractivity contribution in [2.75, 3.05) is 0 Å². The Morgan fingerprint density at radius 1 is 0.600 bits per heavy atom. The first kappa shape index (κ1) is 21.7. The summed E-state index contributed by atoms with van der Waals surface area (Å²) in [5.74, 6) is -3.49. The normalized spacial score (nSPS) is 36.3. The summed E-state index contributed by atoms with van der Waals surface area (Å²) in [6.07, 6.45) is 3.58. The van der Waals surface area contributed by atoms with Gasteiger partial charge < -0.3 is 0 Å². The minimum absolute atomic E-state index is 0.215. The smallest absolute Gasteiger partial charge is 0.183 e. The van der Waals surface area contributed by atoms with Gasteiger partial charge in [-0.25, -0.2) is 0 Å². The highest BCUT2D eigenvalue weighted by molar-refractivity contribution is 5.59. The van der Waals surface area contributed by atoms with E-state index in [0.717, 1.165) is 0 Å². The molecule has 5 unspecified atom stereocenters. The molecule has 5 aliphatic carbocycles. The van der Waals surface area contributed by atoms with E-state index in [2.05, 4.69) is 0 Å². The van der Waals surface area contributed by atoms with Gasteiger partial charge in [0, 0.05) is 23.2 Å². The predicted molar refractivity (Wildman–Crippen MR) is 114 cm³/mol. The van der Waals surface area contributed by atoms with Gasteiger partial charge in [0.25, 0.3) is 0 Å². The van der Waals surface area contributed by atoms with Gasteiger partial charge in [0.2, 0.25) is 0 Å². The molecular weight excluding hydrogens is 436 g/mol. The van der Waals surface area contributed by atoms with Gasteiger partial charge in [-0.2, -0.15) is 42.1 Å². The standard InChI is InChI=1S/C27H14N8/c28-9-23(10-29)19-6-7-20(24(23,11-30)12-31)21-18(19)8-27(21)22(17-4-2-1-3-5-17)25(13-32,14-33)26(27,15-34)16-35/h1-7,18-22H,8H2/t18?,19?,20?,21?,22-,27?/m1/s1. The van der Waals surface area contributed by atoms with E-state index in [4.69, 9.17) is 0 Å². The zero-order chi connectivity index (χ0) is 25.3. The first-order valence-corrected chi connectivity index (χ1v) is 10.9. The molecule has 8 nitrogen and oxygen atoms in total. The first-order chi connectivity index (χ1) is 16.9. The molecule has 1 aromatic carbocycles. The highest BCUT2D eigenvalue weighted by Gasteiger charge is 2.92. The van der Waals surface area contributed by atoms with Gasteiger partial charge >= 0.3 is 0 Å². The SMILES string of the molecule is N#CC1(C#N)C2C=CC(C3C2CC32[C@H](c3ccccc3)C(C#N)(C#N)C2(C#N)C#N)C1(C#N)C#N. The molecule has 0 aliphatic heterocycles. The fraction of sp³-hybridized carbons (Fsp3) is 0.407. The third-order valence-electron chi connectivity index (χ3n) is 9.39. The van der Waals surface area contributed by atoms with E-state index in [1.165, 1.54) is 0 Å². The molecule has 162 valence electrons. The van der Waals surface area contributed by atoms with Crippen LogP contribution < -0.4 is 0 Å². The van der Waals surface area contributed by atoms with E-state index in [0.29, 0.717) is 5.56 Å². The fourth-order valence-electron chi connectivity index (χ4n) is 8.17. The van der Waals surface area contributed by atoms with Crippen LogP contribution >= 0.6 is 0 Å². The predicted octanol–water partition coefficient (Wildman–Crippen LogP) is 3.36. The van der Waals surface area contributed by atoms with E-state index in [1.54, 1.807) is 42.5 Å². The van der Waals surface area contributed by atoms with Crippen LogP contribution in [0.5, 0.6) is 0 Å². The summed E-state index contributed by atoms with van der Waals surface area (Å²) < 4.78 is 0. The highest BCUT2D eigenvalue weighted by Crippen LogP contribution is 2.88. The van der Waals surface area contributed by atoms with Gasteiger partial charge in [0.1, 0.15) is 0 Å². The maximum absolute atomic E-state index is 10.4. The van der Waals surface area contributed by atoms with E-state index in [1.807, 2.05) is 48.6 Å². The Kier molecular flexibility index (Phi) is 4.02. The van der Waals surface area contributed by atoms with Crippen molar-refractivity contribution >= 4 is 0 Å². The van der Waals surface area contributed by atoms with Gasteiger partial charge in [-0.3, -0.25) is 0 Å². The molecule has 0 amide bonds. The molecule has 1 aromatic rings. The molecule has 3 fully saturated rings. The Morgan fingerprint density at radius 2 is 1.09 bits per heavy atom. The molecule has 0 N–H and O–H groups in total. The summed E-state index contributed by atoms with van der Waals surface area (Å²) in [7, 11) is 0. The fourth-order valence-corrected chi connectivity index (χ4v) is 8.17. The molecule has 1 spiro atoms. The number of fused-ring (bicyclic) bond motifs is 1. The number of allylic oxidation sites excluding steroid dienone is 2. The molecule has 6 atom stereocenters. The van der Waals surface area contributed by atoms with E-state index >= 15 is 0 Å². The van der Waals surface area contributed by atoms with Crippen molar-refractivity contribution in [1.82, 2.24) is 0 Å². The second-order valence-corrected chi connectivity index (χ2v) is 9.78. The number of hydrogen-bond donors (Lipinski definition) is 0. The molecule has 35 heavy (non-hydrogen) atoms. The topological polar surface area (TPSA) is 190 Å². The quantitative estimate of drug-likeness (QED) is 0.581. The molecule has 0 heterocycles. The van der Waals surface area contributed by atoms with Gasteiger partial charge in [0.05, 0.1) is 48.6 Å². The third kappa shape index (κ3) is 1.73. The van der Waals surface area contributed by atoms with Crippen molar-refractivity contribution in [3.8, 4) is 48.6 Å². The van der Waals surface area contributed by atoms with Crippen molar-refractivity contribution in [3.63, 3.8) is 0 Å². The summed E-state index contributed by atoms with van der Waals surface area (Å²) in [5, 5.41) is 81.8. The van der Waals surface area contributed by atoms with E-state index in [-0.39, 0.29) is 12.3 Å². The minimum atomic E-state index is -2.03. The summed E-state index contributed by atoms with van der Waals surface area (Å²) >= 11 is 0. The summed E-state index contributed by atoms with van der Waals surface area (Å²) in [4.78, 5) is 0. The largest absolute Gasteiger partial charge is 0.196 e. The Bertz CT molecular complexity index is 1470. The van der Waals surface area contributed by atoms with Gasteiger partial charge in [-0.15, -0.1) is 0 Å². The zero-order valence-electron chi connectivity index (χ0n) is 18.2. The lowest BCUT2D eigenvalue weighted by Crippen LogP contribution is -2.82. The number of hydrogen-bond acceptors (Lipinski definition) is 8. The summed E-state index contributed by atoms with van der Waals surface area (Å²) in [6.45, 7) is 0. The zero-order valence-corrected chi connectivity index (χ0v) is 18.2. The highest BCUT2D eigenvalue weighted by atomic mass is 14.9. The van der Waals surface area contributed by atoms with Crippen LogP contribution in [0.2, 0.25) is 0 Å². The van der Waals surface area contributed by atoms with Crippen LogP contribution in [0.4, 0.5) is 0 Å². The van der Waals surface area contributed by atoms with Crippen LogP contribution in [0, 0.1) is 141 Å². The van der Waals surface area contributed by atoms with E-state index < -0.39 is 50.7 Å². The molecule has 0 aromatic heterocycles. The molecule has 2 bridgehead atoms. The van der Waals surface area contributed by atoms with Crippen molar-refractivity contribution < 1.29 is 0 Å². The van der Waals surface area contributed by atoms with Crippen molar-refractivity contribution in [2.45, 2.75) is 12.3 Å². The Hall–Kier alpha value is -5.12. The summed E-state index contributed by atoms with van der Waals surface area (Å²) in [5.41, 5.74) is -8.51. The molecule has 0 radical (unpaired) electrons. The number of benzene rings is 1. The Balaban J connectivity index is 1.82. The second-order valence-electron chi connectivity index (χ2n) is 9.78. The lowest BCUT2D eigenvalue weighted by atomic mass is 9.17. The van der Waals surface area contributed by atoms with Crippen LogP contribution in [-0.4, -0.2) is 0 Å². The maximum atomic E-state index is 10.4. The molecule has 0 saturated heterocycles. The van der Waals surface area contributed by atoms with Crippen molar-refractivity contribution in [2.24, 2.45) is 50.7 Å². The van der Waals surface area contributed by atoms with Crippen LogP contribution in [0.1, 0.15) is 17.9 Å². The number of rotatable bonds is 1.